The lowest BCUT2D eigenvalue weighted by Crippen LogP contribution is -2.45. The summed E-state index contributed by atoms with van der Waals surface area (Å²) in [6.07, 6.45) is -1.14. The molecule has 1 saturated heterocycles. The molecule has 1 aliphatic carbocycles. The minimum atomic E-state index is -4.40. The molecule has 0 unspecified atom stereocenters. The minimum Gasteiger partial charge on any atom is -0.314 e. The van der Waals surface area contributed by atoms with Gasteiger partial charge in [-0.1, -0.05) is 36.6 Å². The van der Waals surface area contributed by atoms with Crippen LogP contribution < -0.4 is 5.32 Å². The highest BCUT2D eigenvalue weighted by Crippen LogP contribution is 2.44. The van der Waals surface area contributed by atoms with Crippen LogP contribution in [0, 0.1) is 5.92 Å². The summed E-state index contributed by atoms with van der Waals surface area (Å²) in [6.45, 7) is 3.45. The van der Waals surface area contributed by atoms with Crippen LogP contribution in [0.15, 0.2) is 18.2 Å². The molecular weight excluding hydrogens is 384 g/mol. The molecular formula is C16H22Cl3F3N2. The van der Waals surface area contributed by atoms with Crippen molar-refractivity contribution in [3.8, 4) is 0 Å². The highest BCUT2D eigenvalue weighted by Gasteiger charge is 2.37. The van der Waals surface area contributed by atoms with Gasteiger partial charge in [-0.2, -0.15) is 13.2 Å². The summed E-state index contributed by atoms with van der Waals surface area (Å²) in [5.74, 6) is 0.630. The molecule has 0 bridgehead atoms. The Labute approximate surface area is 157 Å². The predicted octanol–water partition coefficient (Wildman–Crippen LogP) is 4.95. The molecule has 0 spiro atoms. The molecule has 1 N–H and O–H groups in total. The quantitative estimate of drug-likeness (QED) is 0.762. The monoisotopic (exact) mass is 404 g/mol. The fraction of sp³-hybridized carbons (Fsp3) is 0.625. The van der Waals surface area contributed by atoms with Crippen molar-refractivity contribution in [1.82, 2.24) is 10.2 Å². The van der Waals surface area contributed by atoms with Crippen LogP contribution in [0.1, 0.15) is 36.4 Å². The zero-order chi connectivity index (χ0) is 15.7. The second-order valence-corrected chi connectivity index (χ2v) is 6.57. The second-order valence-electron chi connectivity index (χ2n) is 6.19. The number of nitrogens with one attached hydrogen (secondary N) is 1. The van der Waals surface area contributed by atoms with Crippen molar-refractivity contribution >= 4 is 36.4 Å². The van der Waals surface area contributed by atoms with Crippen molar-refractivity contribution in [2.24, 2.45) is 5.92 Å². The van der Waals surface area contributed by atoms with E-state index < -0.39 is 11.7 Å². The topological polar surface area (TPSA) is 15.3 Å². The number of alkyl halides is 3. The number of benzene rings is 1. The maximum absolute atomic E-state index is 13.1. The zero-order valence-corrected chi connectivity index (χ0v) is 15.5. The third-order valence-electron chi connectivity index (χ3n) is 4.54. The van der Waals surface area contributed by atoms with Gasteiger partial charge in [0.2, 0.25) is 0 Å². The Hall–Kier alpha value is -0.200. The van der Waals surface area contributed by atoms with E-state index in [1.807, 2.05) is 0 Å². The van der Waals surface area contributed by atoms with E-state index in [2.05, 4.69) is 10.2 Å². The zero-order valence-electron chi connectivity index (χ0n) is 13.1. The van der Waals surface area contributed by atoms with Gasteiger partial charge in [0.15, 0.2) is 0 Å². The molecule has 1 heterocycles. The summed E-state index contributed by atoms with van der Waals surface area (Å²) >= 11 is 6.15. The number of hydrogen-bond acceptors (Lipinski definition) is 2. The van der Waals surface area contributed by atoms with Gasteiger partial charge >= 0.3 is 6.18 Å². The number of piperazine rings is 1. The number of rotatable bonds is 4. The van der Waals surface area contributed by atoms with Gasteiger partial charge in [0, 0.05) is 32.2 Å². The average Bonchev–Trinajstić information content (AvgIpc) is 3.29. The molecule has 2 nitrogen and oxygen atoms in total. The minimum absolute atomic E-state index is 0. The van der Waals surface area contributed by atoms with Crippen LogP contribution in [0.2, 0.25) is 5.02 Å². The van der Waals surface area contributed by atoms with Crippen molar-refractivity contribution in [3.05, 3.63) is 34.3 Å². The van der Waals surface area contributed by atoms with Crippen molar-refractivity contribution in [2.45, 2.75) is 31.5 Å². The van der Waals surface area contributed by atoms with Crippen LogP contribution in [0.5, 0.6) is 0 Å². The largest absolute Gasteiger partial charge is 0.417 e. The first-order valence-electron chi connectivity index (χ1n) is 7.77. The standard InChI is InChI=1S/C16H20ClF3N2.2ClH/c17-15-12(2-1-3-13(15)16(18,19)20)14(10-11-4-5-11)22-8-6-21-7-9-22;;/h1-3,11,14,21H,4-10H2;2*1H/t14-;;/m0../s1. The van der Waals surface area contributed by atoms with E-state index in [4.69, 9.17) is 11.6 Å². The summed E-state index contributed by atoms with van der Waals surface area (Å²) in [5.41, 5.74) is -0.0899. The van der Waals surface area contributed by atoms with Gasteiger partial charge in [-0.05, 0) is 24.0 Å². The molecule has 2 fully saturated rings. The lowest BCUT2D eigenvalue weighted by atomic mass is 9.96. The van der Waals surface area contributed by atoms with Crippen LogP contribution in [-0.2, 0) is 6.18 Å². The highest BCUT2D eigenvalue weighted by atomic mass is 35.5. The second kappa shape index (κ2) is 8.95. The lowest BCUT2D eigenvalue weighted by molar-refractivity contribution is -0.137. The molecule has 3 rings (SSSR count). The number of hydrogen-bond donors (Lipinski definition) is 1. The summed E-state index contributed by atoms with van der Waals surface area (Å²) < 4.78 is 39.3. The SMILES string of the molecule is Cl.Cl.FC(F)(F)c1cccc([C@H](CC2CC2)N2CCNCC2)c1Cl. The lowest BCUT2D eigenvalue weighted by Gasteiger charge is -2.36. The smallest absolute Gasteiger partial charge is 0.314 e. The van der Waals surface area contributed by atoms with E-state index in [-0.39, 0.29) is 35.9 Å². The number of halogens is 6. The van der Waals surface area contributed by atoms with Gasteiger partial charge in [0.25, 0.3) is 0 Å². The Morgan fingerprint density at radius 1 is 1.17 bits per heavy atom. The van der Waals surface area contributed by atoms with Crippen LogP contribution in [0.4, 0.5) is 13.2 Å². The molecule has 0 amide bonds. The van der Waals surface area contributed by atoms with Gasteiger partial charge in [-0.25, -0.2) is 0 Å². The molecule has 1 atom stereocenters. The molecule has 0 radical (unpaired) electrons. The highest BCUT2D eigenvalue weighted by molar-refractivity contribution is 6.32. The Kier molecular flexibility index (Phi) is 8.14. The van der Waals surface area contributed by atoms with Gasteiger partial charge in [0.1, 0.15) is 0 Å². The number of nitrogens with zero attached hydrogens (tertiary/aromatic N) is 1. The molecule has 8 heteroatoms. The summed E-state index contributed by atoms with van der Waals surface area (Å²) in [4.78, 5) is 2.27. The normalized spacial score (nSPS) is 20.0. The van der Waals surface area contributed by atoms with Crippen LogP contribution in [0.25, 0.3) is 0 Å². The third kappa shape index (κ3) is 5.15. The molecule has 1 saturated carbocycles. The van der Waals surface area contributed by atoms with E-state index in [1.165, 1.54) is 18.9 Å². The molecule has 0 aromatic heterocycles. The van der Waals surface area contributed by atoms with Gasteiger partial charge in [0.05, 0.1) is 10.6 Å². The van der Waals surface area contributed by atoms with Crippen molar-refractivity contribution in [3.63, 3.8) is 0 Å². The first-order valence-corrected chi connectivity index (χ1v) is 8.15. The van der Waals surface area contributed by atoms with E-state index >= 15 is 0 Å². The van der Waals surface area contributed by atoms with Gasteiger partial charge < -0.3 is 5.32 Å². The van der Waals surface area contributed by atoms with Crippen LogP contribution >= 0.6 is 36.4 Å². The Balaban J connectivity index is 0.00000144. The van der Waals surface area contributed by atoms with E-state index in [9.17, 15) is 13.2 Å². The molecule has 2 aliphatic rings. The van der Waals surface area contributed by atoms with Crippen molar-refractivity contribution in [1.29, 1.82) is 0 Å². The summed E-state index contributed by atoms with van der Waals surface area (Å²) in [6, 6.07) is 4.29. The van der Waals surface area contributed by atoms with Gasteiger partial charge in [-0.3, -0.25) is 4.90 Å². The van der Waals surface area contributed by atoms with Crippen LogP contribution in [0.3, 0.4) is 0 Å². The molecule has 24 heavy (non-hydrogen) atoms. The molecule has 1 aliphatic heterocycles. The predicted molar refractivity (Wildman–Crippen MR) is 95.5 cm³/mol. The Morgan fingerprint density at radius 2 is 1.79 bits per heavy atom. The average molecular weight is 406 g/mol. The molecule has 1 aromatic rings. The van der Waals surface area contributed by atoms with Crippen molar-refractivity contribution in [2.75, 3.05) is 26.2 Å². The Morgan fingerprint density at radius 3 is 2.33 bits per heavy atom. The summed E-state index contributed by atoms with van der Waals surface area (Å²) in [7, 11) is 0. The molecule has 138 valence electrons. The molecule has 1 aromatic carbocycles. The maximum atomic E-state index is 13.1. The fourth-order valence-electron chi connectivity index (χ4n) is 3.16. The summed E-state index contributed by atoms with van der Waals surface area (Å²) in [5, 5.41) is 3.16. The van der Waals surface area contributed by atoms with Crippen molar-refractivity contribution < 1.29 is 13.2 Å². The first kappa shape index (κ1) is 21.8. The van der Waals surface area contributed by atoms with E-state index in [0.29, 0.717) is 11.5 Å². The van der Waals surface area contributed by atoms with Crippen LogP contribution in [-0.4, -0.2) is 31.1 Å². The third-order valence-corrected chi connectivity index (χ3v) is 4.96. The Bertz CT molecular complexity index is 530. The van der Waals surface area contributed by atoms with Gasteiger partial charge in [-0.15, -0.1) is 24.8 Å². The van der Waals surface area contributed by atoms with E-state index in [0.717, 1.165) is 38.7 Å². The maximum Gasteiger partial charge on any atom is 0.417 e. The fourth-order valence-corrected chi connectivity index (χ4v) is 3.52. The van der Waals surface area contributed by atoms with E-state index in [1.54, 1.807) is 6.07 Å². The first-order chi connectivity index (χ1) is 10.5.